The Morgan fingerprint density at radius 3 is 2.35 bits per heavy atom. The number of benzene rings is 1. The van der Waals surface area contributed by atoms with E-state index in [4.69, 9.17) is 9.47 Å². The Morgan fingerprint density at radius 1 is 1.15 bits per heavy atom. The van der Waals surface area contributed by atoms with Crippen molar-refractivity contribution in [2.75, 3.05) is 27.4 Å². The second kappa shape index (κ2) is 8.82. The third-order valence-electron chi connectivity index (χ3n) is 3.71. The number of aliphatic hydroxyl groups is 1. The molecule has 4 nitrogen and oxygen atoms in total. The van der Waals surface area contributed by atoms with E-state index in [1.54, 1.807) is 14.2 Å². The first-order chi connectivity index (χ1) is 9.69. The van der Waals surface area contributed by atoms with Crippen LogP contribution in [0.25, 0.3) is 0 Å². The van der Waals surface area contributed by atoms with Crippen LogP contribution in [0.5, 0.6) is 11.5 Å². The zero-order valence-electron chi connectivity index (χ0n) is 13.1. The Kier molecular flexibility index (Phi) is 7.41. The highest BCUT2D eigenvalue weighted by Gasteiger charge is 2.17. The average Bonchev–Trinajstić information content (AvgIpc) is 2.48. The van der Waals surface area contributed by atoms with Gasteiger partial charge in [-0.2, -0.15) is 0 Å². The zero-order valence-corrected chi connectivity index (χ0v) is 13.1. The highest BCUT2D eigenvalue weighted by Crippen LogP contribution is 2.26. The number of methoxy groups -OCH3 is 2. The van der Waals surface area contributed by atoms with E-state index in [0.717, 1.165) is 36.4 Å². The number of ether oxygens (including phenoxy) is 2. The van der Waals surface area contributed by atoms with Gasteiger partial charge in [-0.1, -0.05) is 13.8 Å². The summed E-state index contributed by atoms with van der Waals surface area (Å²) in [5.74, 6) is 1.69. The van der Waals surface area contributed by atoms with E-state index >= 15 is 0 Å². The monoisotopic (exact) mass is 281 g/mol. The van der Waals surface area contributed by atoms with Crippen molar-refractivity contribution in [1.82, 2.24) is 4.90 Å². The first-order valence-electron chi connectivity index (χ1n) is 7.25. The smallest absolute Gasteiger partial charge is 0.123 e. The largest absolute Gasteiger partial charge is 0.497 e. The van der Waals surface area contributed by atoms with Crippen LogP contribution in [0, 0.1) is 0 Å². The van der Waals surface area contributed by atoms with Crippen LogP contribution in [0.3, 0.4) is 0 Å². The van der Waals surface area contributed by atoms with E-state index < -0.39 is 0 Å². The first-order valence-corrected chi connectivity index (χ1v) is 7.25. The third-order valence-corrected chi connectivity index (χ3v) is 3.71. The second-order valence-electron chi connectivity index (χ2n) is 4.84. The van der Waals surface area contributed by atoms with Gasteiger partial charge in [0.25, 0.3) is 0 Å². The topological polar surface area (TPSA) is 41.9 Å². The minimum Gasteiger partial charge on any atom is -0.497 e. The summed E-state index contributed by atoms with van der Waals surface area (Å²) < 4.78 is 10.7. The minimum absolute atomic E-state index is 0.169. The molecule has 0 aromatic heterocycles. The van der Waals surface area contributed by atoms with Gasteiger partial charge in [0.2, 0.25) is 0 Å². The number of aliphatic hydroxyl groups excluding tert-OH is 1. The Labute approximate surface area is 122 Å². The molecule has 1 N–H and O–H groups in total. The lowest BCUT2D eigenvalue weighted by atomic mass is 10.1. The molecule has 1 aromatic rings. The molecule has 114 valence electrons. The fourth-order valence-electron chi connectivity index (χ4n) is 2.55. The Hall–Kier alpha value is -1.26. The summed E-state index contributed by atoms with van der Waals surface area (Å²) in [6.07, 6.45) is 2.14. The molecule has 0 fully saturated rings. The van der Waals surface area contributed by atoms with Gasteiger partial charge in [0.15, 0.2) is 0 Å². The van der Waals surface area contributed by atoms with Gasteiger partial charge < -0.3 is 14.6 Å². The van der Waals surface area contributed by atoms with E-state index in [0.29, 0.717) is 12.6 Å². The van der Waals surface area contributed by atoms with Crippen LogP contribution in [0.15, 0.2) is 18.2 Å². The van der Waals surface area contributed by atoms with E-state index in [1.807, 2.05) is 18.2 Å². The summed E-state index contributed by atoms with van der Waals surface area (Å²) in [5, 5.41) is 9.28. The SMILES string of the molecule is CCC(CC)N(CCO)Cc1cc(OC)ccc1OC. The Balaban J connectivity index is 2.96. The van der Waals surface area contributed by atoms with Crippen LogP contribution in [-0.2, 0) is 6.54 Å². The van der Waals surface area contributed by atoms with Gasteiger partial charge in [-0.05, 0) is 31.0 Å². The Bertz CT molecular complexity index is 391. The number of nitrogens with zero attached hydrogens (tertiary/aromatic N) is 1. The van der Waals surface area contributed by atoms with Crippen LogP contribution in [0.4, 0.5) is 0 Å². The molecule has 0 bridgehead atoms. The summed E-state index contributed by atoms with van der Waals surface area (Å²) in [6, 6.07) is 6.30. The molecule has 4 heteroatoms. The quantitative estimate of drug-likeness (QED) is 0.755. The van der Waals surface area contributed by atoms with Crippen molar-refractivity contribution in [3.8, 4) is 11.5 Å². The molecular formula is C16H27NO3. The lowest BCUT2D eigenvalue weighted by Gasteiger charge is -2.30. The lowest BCUT2D eigenvalue weighted by molar-refractivity contribution is 0.135. The van der Waals surface area contributed by atoms with Crippen molar-refractivity contribution in [3.63, 3.8) is 0 Å². The first kappa shape index (κ1) is 16.8. The molecule has 0 aliphatic rings. The number of hydrogen-bond acceptors (Lipinski definition) is 4. The third kappa shape index (κ3) is 4.39. The van der Waals surface area contributed by atoms with Crippen LogP contribution in [0.1, 0.15) is 32.3 Å². The molecule has 0 aliphatic heterocycles. The maximum atomic E-state index is 9.28. The molecule has 0 saturated carbocycles. The molecule has 0 atom stereocenters. The van der Waals surface area contributed by atoms with E-state index in [-0.39, 0.29) is 6.61 Å². The lowest BCUT2D eigenvalue weighted by Crippen LogP contribution is -2.36. The molecule has 0 spiro atoms. The summed E-state index contributed by atoms with van der Waals surface area (Å²) in [5.41, 5.74) is 1.09. The molecule has 0 saturated heterocycles. The molecule has 20 heavy (non-hydrogen) atoms. The number of hydrogen-bond donors (Lipinski definition) is 1. The van der Waals surface area contributed by atoms with Crippen molar-refractivity contribution in [3.05, 3.63) is 23.8 Å². The number of rotatable bonds is 9. The van der Waals surface area contributed by atoms with Crippen molar-refractivity contribution in [2.24, 2.45) is 0 Å². The van der Waals surface area contributed by atoms with Gasteiger partial charge in [-0.15, -0.1) is 0 Å². The van der Waals surface area contributed by atoms with Crippen LogP contribution < -0.4 is 9.47 Å². The van der Waals surface area contributed by atoms with Gasteiger partial charge in [-0.3, -0.25) is 4.90 Å². The van der Waals surface area contributed by atoms with Gasteiger partial charge >= 0.3 is 0 Å². The normalized spacial score (nSPS) is 11.2. The molecule has 0 radical (unpaired) electrons. The Morgan fingerprint density at radius 2 is 1.85 bits per heavy atom. The highest BCUT2D eigenvalue weighted by molar-refractivity contribution is 5.40. The zero-order chi connectivity index (χ0) is 15.0. The van der Waals surface area contributed by atoms with Crippen molar-refractivity contribution < 1.29 is 14.6 Å². The molecule has 0 unspecified atom stereocenters. The van der Waals surface area contributed by atoms with Gasteiger partial charge in [0.1, 0.15) is 11.5 Å². The van der Waals surface area contributed by atoms with Crippen molar-refractivity contribution >= 4 is 0 Å². The molecule has 1 aromatic carbocycles. The van der Waals surface area contributed by atoms with Crippen molar-refractivity contribution in [1.29, 1.82) is 0 Å². The summed E-state index contributed by atoms with van der Waals surface area (Å²) >= 11 is 0. The fraction of sp³-hybridized carbons (Fsp3) is 0.625. The van der Waals surface area contributed by atoms with Crippen molar-refractivity contribution in [2.45, 2.75) is 39.3 Å². The predicted octanol–water partition coefficient (Wildman–Crippen LogP) is 2.69. The predicted molar refractivity (Wildman–Crippen MR) is 81.4 cm³/mol. The summed E-state index contributed by atoms with van der Waals surface area (Å²) in [6.45, 7) is 5.96. The molecular weight excluding hydrogens is 254 g/mol. The molecule has 0 heterocycles. The average molecular weight is 281 g/mol. The van der Waals surface area contributed by atoms with E-state index in [9.17, 15) is 5.11 Å². The van der Waals surface area contributed by atoms with Gasteiger partial charge in [0.05, 0.1) is 20.8 Å². The van der Waals surface area contributed by atoms with E-state index in [1.165, 1.54) is 0 Å². The van der Waals surface area contributed by atoms with Gasteiger partial charge in [-0.25, -0.2) is 0 Å². The van der Waals surface area contributed by atoms with E-state index in [2.05, 4.69) is 18.7 Å². The maximum absolute atomic E-state index is 9.28. The fourth-order valence-corrected chi connectivity index (χ4v) is 2.55. The molecule has 0 amide bonds. The standard InChI is InChI=1S/C16H27NO3/c1-5-14(6-2)17(9-10-18)12-13-11-15(19-3)7-8-16(13)20-4/h7-8,11,14,18H,5-6,9-10,12H2,1-4H3. The van der Waals surface area contributed by atoms with Gasteiger partial charge in [0, 0.05) is 24.7 Å². The van der Waals surface area contributed by atoms with Crippen LogP contribution in [-0.4, -0.2) is 43.4 Å². The summed E-state index contributed by atoms with van der Waals surface area (Å²) in [7, 11) is 3.34. The summed E-state index contributed by atoms with van der Waals surface area (Å²) in [4.78, 5) is 2.30. The van der Waals surface area contributed by atoms with Crippen LogP contribution in [0.2, 0.25) is 0 Å². The molecule has 1 rings (SSSR count). The maximum Gasteiger partial charge on any atom is 0.123 e. The second-order valence-corrected chi connectivity index (χ2v) is 4.84. The minimum atomic E-state index is 0.169. The molecule has 0 aliphatic carbocycles. The highest BCUT2D eigenvalue weighted by atomic mass is 16.5. The van der Waals surface area contributed by atoms with Crippen LogP contribution >= 0.6 is 0 Å².